The van der Waals surface area contributed by atoms with Crippen molar-refractivity contribution in [3.63, 3.8) is 0 Å². The van der Waals surface area contributed by atoms with E-state index < -0.39 is 12.1 Å². The van der Waals surface area contributed by atoms with E-state index in [2.05, 4.69) is 5.32 Å². The summed E-state index contributed by atoms with van der Waals surface area (Å²) in [6.45, 7) is 2.98. The Labute approximate surface area is 91.0 Å². The maximum Gasteiger partial charge on any atom is 0.332 e. The lowest BCUT2D eigenvalue weighted by atomic mass is 9.82. The van der Waals surface area contributed by atoms with Gasteiger partial charge in [0.15, 0.2) is 6.10 Å². The van der Waals surface area contributed by atoms with Crippen LogP contribution in [-0.4, -0.2) is 36.9 Å². The molecule has 0 aliphatic heterocycles. The molecule has 0 saturated heterocycles. The number of aliphatic carboxylic acids is 1. The predicted molar refractivity (Wildman–Crippen MR) is 57.9 cm³/mol. The van der Waals surface area contributed by atoms with Crippen molar-refractivity contribution in [2.24, 2.45) is 5.92 Å². The number of rotatable bonds is 7. The predicted octanol–water partition coefficient (Wildman–Crippen LogP) is 1.25. The maximum absolute atomic E-state index is 10.8. The molecule has 1 fully saturated rings. The van der Waals surface area contributed by atoms with Gasteiger partial charge in [-0.05, 0) is 38.8 Å². The Balaban J connectivity index is 2.20. The lowest BCUT2D eigenvalue weighted by molar-refractivity contribution is -0.160. The quantitative estimate of drug-likeness (QED) is 0.671. The monoisotopic (exact) mass is 215 g/mol. The summed E-state index contributed by atoms with van der Waals surface area (Å²) in [4.78, 5) is 10.8. The van der Waals surface area contributed by atoms with Gasteiger partial charge in [0.1, 0.15) is 0 Å². The van der Waals surface area contributed by atoms with Gasteiger partial charge >= 0.3 is 5.97 Å². The third-order valence-corrected chi connectivity index (χ3v) is 2.87. The van der Waals surface area contributed by atoms with Crippen molar-refractivity contribution >= 4 is 5.97 Å². The summed E-state index contributed by atoms with van der Waals surface area (Å²) in [5, 5.41) is 12.0. The van der Waals surface area contributed by atoms with E-state index in [1.165, 1.54) is 0 Å². The highest BCUT2D eigenvalue weighted by atomic mass is 16.5. The van der Waals surface area contributed by atoms with Crippen molar-refractivity contribution in [2.45, 2.75) is 44.8 Å². The lowest BCUT2D eigenvalue weighted by Gasteiger charge is -2.36. The Morgan fingerprint density at radius 3 is 2.73 bits per heavy atom. The van der Waals surface area contributed by atoms with E-state index in [9.17, 15) is 4.79 Å². The number of carboxylic acid groups (broad SMARTS) is 1. The molecule has 2 N–H and O–H groups in total. The molecule has 0 radical (unpaired) electrons. The molecule has 0 aromatic carbocycles. The third-order valence-electron chi connectivity index (χ3n) is 2.87. The number of carboxylic acids is 1. The highest BCUT2D eigenvalue weighted by molar-refractivity contribution is 5.72. The average Bonchev–Trinajstić information content (AvgIpc) is 2.13. The van der Waals surface area contributed by atoms with E-state index in [1.807, 2.05) is 14.0 Å². The van der Waals surface area contributed by atoms with E-state index in [4.69, 9.17) is 9.84 Å². The molecular formula is C11H21NO3. The van der Waals surface area contributed by atoms with E-state index in [-0.39, 0.29) is 6.10 Å². The Kier molecular flexibility index (Phi) is 5.05. The second kappa shape index (κ2) is 6.08. The molecule has 1 saturated carbocycles. The Morgan fingerprint density at radius 2 is 2.27 bits per heavy atom. The minimum Gasteiger partial charge on any atom is -0.479 e. The fourth-order valence-corrected chi connectivity index (χ4v) is 1.99. The van der Waals surface area contributed by atoms with Crippen LogP contribution in [0.2, 0.25) is 0 Å². The van der Waals surface area contributed by atoms with Crippen LogP contribution in [0.25, 0.3) is 0 Å². The summed E-state index contributed by atoms with van der Waals surface area (Å²) >= 11 is 0. The maximum atomic E-state index is 10.8. The van der Waals surface area contributed by atoms with Crippen LogP contribution < -0.4 is 5.32 Å². The smallest absolute Gasteiger partial charge is 0.332 e. The van der Waals surface area contributed by atoms with Crippen LogP contribution in [0.1, 0.15) is 32.6 Å². The first-order chi connectivity index (χ1) is 7.17. The third kappa shape index (κ3) is 3.80. The van der Waals surface area contributed by atoms with E-state index in [0.717, 1.165) is 25.8 Å². The van der Waals surface area contributed by atoms with Crippen molar-refractivity contribution in [2.75, 3.05) is 13.6 Å². The van der Waals surface area contributed by atoms with Crippen LogP contribution in [0.5, 0.6) is 0 Å². The van der Waals surface area contributed by atoms with E-state index in [1.54, 1.807) is 0 Å². The topological polar surface area (TPSA) is 58.6 Å². The lowest BCUT2D eigenvalue weighted by Crippen LogP contribution is -2.40. The zero-order chi connectivity index (χ0) is 11.3. The first-order valence-corrected chi connectivity index (χ1v) is 5.70. The first-order valence-electron chi connectivity index (χ1n) is 5.70. The Morgan fingerprint density at radius 1 is 1.60 bits per heavy atom. The van der Waals surface area contributed by atoms with E-state index in [0.29, 0.717) is 12.3 Å². The molecule has 1 aliphatic carbocycles. The van der Waals surface area contributed by atoms with Crippen LogP contribution in [-0.2, 0) is 9.53 Å². The van der Waals surface area contributed by atoms with Crippen LogP contribution in [0.3, 0.4) is 0 Å². The molecule has 15 heavy (non-hydrogen) atoms. The number of ether oxygens (including phenoxy) is 1. The van der Waals surface area contributed by atoms with Crippen molar-refractivity contribution in [1.82, 2.24) is 5.32 Å². The molecule has 0 bridgehead atoms. The van der Waals surface area contributed by atoms with Gasteiger partial charge in [-0.15, -0.1) is 0 Å². The molecule has 1 unspecified atom stereocenters. The second-order valence-electron chi connectivity index (χ2n) is 4.27. The minimum absolute atomic E-state index is 0.163. The van der Waals surface area contributed by atoms with Crippen LogP contribution >= 0.6 is 0 Å². The van der Waals surface area contributed by atoms with Crippen LogP contribution in [0.4, 0.5) is 0 Å². The van der Waals surface area contributed by atoms with E-state index >= 15 is 0 Å². The normalized spacial score (nSPS) is 27.1. The number of nitrogens with one attached hydrogen (secondary N) is 1. The van der Waals surface area contributed by atoms with Crippen molar-refractivity contribution in [3.8, 4) is 0 Å². The highest BCUT2D eigenvalue weighted by Gasteiger charge is 2.32. The molecule has 0 spiro atoms. The molecule has 0 aromatic rings. The Hall–Kier alpha value is -0.610. The van der Waals surface area contributed by atoms with Gasteiger partial charge in [-0.1, -0.05) is 13.3 Å². The van der Waals surface area contributed by atoms with Gasteiger partial charge in [0.05, 0.1) is 6.10 Å². The molecule has 1 atom stereocenters. The van der Waals surface area contributed by atoms with Crippen LogP contribution in [0.15, 0.2) is 0 Å². The standard InChI is InChI=1S/C11H21NO3/c1-3-4-10(11(13)14)15-9-5-8(6-9)7-12-2/h8-10,12H,3-7H2,1-2H3,(H,13,14). The van der Waals surface area contributed by atoms with Gasteiger partial charge in [-0.3, -0.25) is 0 Å². The molecule has 1 aliphatic rings. The minimum atomic E-state index is -0.825. The van der Waals surface area contributed by atoms with Gasteiger partial charge in [-0.2, -0.15) is 0 Å². The number of hydrogen-bond acceptors (Lipinski definition) is 3. The summed E-state index contributed by atoms with van der Waals surface area (Å²) < 4.78 is 5.54. The molecule has 4 heteroatoms. The molecule has 0 heterocycles. The summed E-state index contributed by atoms with van der Waals surface area (Å²) in [7, 11) is 1.94. The van der Waals surface area contributed by atoms with Gasteiger partial charge < -0.3 is 15.2 Å². The molecule has 4 nitrogen and oxygen atoms in total. The SMILES string of the molecule is CCCC(OC1CC(CNC)C1)C(=O)O. The summed E-state index contributed by atoms with van der Waals surface area (Å²) in [6.07, 6.45) is 3.01. The highest BCUT2D eigenvalue weighted by Crippen LogP contribution is 2.30. The average molecular weight is 215 g/mol. The Bertz CT molecular complexity index is 202. The van der Waals surface area contributed by atoms with Crippen LogP contribution in [0, 0.1) is 5.92 Å². The molecule has 0 amide bonds. The molecule has 88 valence electrons. The largest absolute Gasteiger partial charge is 0.479 e. The van der Waals surface area contributed by atoms with Crippen molar-refractivity contribution < 1.29 is 14.6 Å². The fraction of sp³-hybridized carbons (Fsp3) is 0.909. The zero-order valence-electron chi connectivity index (χ0n) is 9.53. The zero-order valence-corrected chi connectivity index (χ0v) is 9.53. The first kappa shape index (κ1) is 12.5. The second-order valence-corrected chi connectivity index (χ2v) is 4.27. The fourth-order valence-electron chi connectivity index (χ4n) is 1.99. The molecular weight excluding hydrogens is 194 g/mol. The summed E-state index contributed by atoms with van der Waals surface area (Å²) in [5.41, 5.74) is 0. The molecule has 0 aromatic heterocycles. The van der Waals surface area contributed by atoms with Gasteiger partial charge in [0.25, 0.3) is 0 Å². The summed E-state index contributed by atoms with van der Waals surface area (Å²) in [6, 6.07) is 0. The van der Waals surface area contributed by atoms with Gasteiger partial charge in [-0.25, -0.2) is 4.79 Å². The number of carbonyl (C=O) groups is 1. The summed E-state index contributed by atoms with van der Waals surface area (Å²) in [5.74, 6) is -0.162. The van der Waals surface area contributed by atoms with Gasteiger partial charge in [0.2, 0.25) is 0 Å². The number of hydrogen-bond donors (Lipinski definition) is 2. The van der Waals surface area contributed by atoms with Gasteiger partial charge in [0, 0.05) is 0 Å². The molecule has 1 rings (SSSR count). The van der Waals surface area contributed by atoms with Crippen molar-refractivity contribution in [3.05, 3.63) is 0 Å². The van der Waals surface area contributed by atoms with Crippen molar-refractivity contribution in [1.29, 1.82) is 0 Å².